The minimum atomic E-state index is 0.201. The number of thiophene rings is 1. The van der Waals surface area contributed by atoms with Gasteiger partial charge in [0.15, 0.2) is 5.96 Å². The Balaban J connectivity index is 1.50. The fourth-order valence-corrected chi connectivity index (χ4v) is 4.01. The highest BCUT2D eigenvalue weighted by molar-refractivity contribution is 7.07. The average Bonchev–Trinajstić information content (AvgIpc) is 3.33. The number of fused-ring (bicyclic) bond motifs is 1. The Morgan fingerprint density at radius 2 is 2.19 bits per heavy atom. The van der Waals surface area contributed by atoms with Crippen molar-refractivity contribution in [1.29, 1.82) is 0 Å². The standard InChI is InChI=1S/C21H28N4OS/c1-3-22-21(24(2)15-17-11-14-27-16-17)23-12-6-9-20(26)25-13-10-18-7-4-5-8-19(18)25/h4-5,7-8,11,14,16H,3,6,9-10,12-13,15H2,1-2H3,(H,22,23). The van der Waals surface area contributed by atoms with E-state index in [1.165, 1.54) is 11.1 Å². The Hall–Kier alpha value is -2.34. The molecule has 0 saturated carbocycles. The Labute approximate surface area is 165 Å². The first-order valence-corrected chi connectivity index (χ1v) is 10.5. The molecule has 6 heteroatoms. The van der Waals surface area contributed by atoms with Gasteiger partial charge in [-0.05, 0) is 53.8 Å². The highest BCUT2D eigenvalue weighted by Gasteiger charge is 2.23. The lowest BCUT2D eigenvalue weighted by molar-refractivity contribution is -0.118. The van der Waals surface area contributed by atoms with Crippen molar-refractivity contribution < 1.29 is 4.79 Å². The third-order valence-corrected chi connectivity index (χ3v) is 5.43. The van der Waals surface area contributed by atoms with E-state index in [2.05, 4.69) is 40.0 Å². The van der Waals surface area contributed by atoms with Gasteiger partial charge in [-0.2, -0.15) is 11.3 Å². The molecule has 144 valence electrons. The first-order chi connectivity index (χ1) is 13.2. The summed E-state index contributed by atoms with van der Waals surface area (Å²) in [6.45, 7) is 5.18. The zero-order valence-electron chi connectivity index (χ0n) is 16.1. The zero-order chi connectivity index (χ0) is 19.1. The summed E-state index contributed by atoms with van der Waals surface area (Å²) in [5, 5.41) is 7.59. The normalized spacial score (nSPS) is 13.6. The maximum Gasteiger partial charge on any atom is 0.227 e. The highest BCUT2D eigenvalue weighted by Crippen LogP contribution is 2.28. The van der Waals surface area contributed by atoms with E-state index in [0.717, 1.165) is 44.1 Å². The second-order valence-electron chi connectivity index (χ2n) is 6.75. The van der Waals surface area contributed by atoms with E-state index < -0.39 is 0 Å². The lowest BCUT2D eigenvalue weighted by Gasteiger charge is -2.21. The van der Waals surface area contributed by atoms with Gasteiger partial charge in [0, 0.05) is 45.3 Å². The van der Waals surface area contributed by atoms with E-state index in [1.54, 1.807) is 11.3 Å². The number of hydrogen-bond acceptors (Lipinski definition) is 3. The number of para-hydroxylation sites is 1. The molecule has 3 rings (SSSR count). The van der Waals surface area contributed by atoms with Crippen molar-refractivity contribution in [3.63, 3.8) is 0 Å². The molecule has 1 aromatic heterocycles. The maximum absolute atomic E-state index is 12.6. The van der Waals surface area contributed by atoms with Crippen molar-refractivity contribution in [3.05, 3.63) is 52.2 Å². The summed E-state index contributed by atoms with van der Waals surface area (Å²) in [7, 11) is 2.05. The van der Waals surface area contributed by atoms with Crippen LogP contribution in [0, 0.1) is 0 Å². The average molecular weight is 385 g/mol. The third-order valence-electron chi connectivity index (χ3n) is 4.69. The molecule has 0 fully saturated rings. The van der Waals surface area contributed by atoms with Gasteiger partial charge >= 0.3 is 0 Å². The molecule has 0 bridgehead atoms. The fraction of sp³-hybridized carbons (Fsp3) is 0.429. The number of hydrogen-bond donors (Lipinski definition) is 1. The van der Waals surface area contributed by atoms with E-state index in [-0.39, 0.29) is 5.91 Å². The van der Waals surface area contributed by atoms with Crippen LogP contribution in [0.3, 0.4) is 0 Å². The van der Waals surface area contributed by atoms with Crippen molar-refractivity contribution in [1.82, 2.24) is 10.2 Å². The topological polar surface area (TPSA) is 47.9 Å². The van der Waals surface area contributed by atoms with Crippen molar-refractivity contribution in [3.8, 4) is 0 Å². The van der Waals surface area contributed by atoms with Crippen LogP contribution in [0.25, 0.3) is 0 Å². The molecule has 27 heavy (non-hydrogen) atoms. The molecule has 0 atom stereocenters. The van der Waals surface area contributed by atoms with Crippen LogP contribution >= 0.6 is 11.3 Å². The van der Waals surface area contributed by atoms with Gasteiger partial charge in [0.2, 0.25) is 5.91 Å². The van der Waals surface area contributed by atoms with E-state index >= 15 is 0 Å². The van der Waals surface area contributed by atoms with Crippen LogP contribution in [0.1, 0.15) is 30.9 Å². The van der Waals surface area contributed by atoms with E-state index in [4.69, 9.17) is 4.99 Å². The van der Waals surface area contributed by atoms with Crippen LogP contribution in [-0.2, 0) is 17.8 Å². The molecule has 1 aliphatic heterocycles. The molecule has 1 aromatic carbocycles. The van der Waals surface area contributed by atoms with E-state index in [9.17, 15) is 4.79 Å². The summed E-state index contributed by atoms with van der Waals surface area (Å²) in [5.74, 6) is 1.09. The summed E-state index contributed by atoms with van der Waals surface area (Å²) in [5.41, 5.74) is 3.64. The molecule has 2 aromatic rings. The van der Waals surface area contributed by atoms with Crippen LogP contribution < -0.4 is 10.2 Å². The van der Waals surface area contributed by atoms with Crippen LogP contribution in [-0.4, -0.2) is 43.4 Å². The number of aliphatic imine (C=N–C) groups is 1. The molecule has 1 N–H and O–H groups in total. The minimum absolute atomic E-state index is 0.201. The van der Waals surface area contributed by atoms with E-state index in [0.29, 0.717) is 13.0 Å². The largest absolute Gasteiger partial charge is 0.357 e. The molecule has 1 aliphatic rings. The Kier molecular flexibility index (Phi) is 6.87. The van der Waals surface area contributed by atoms with Crippen molar-refractivity contribution in [2.75, 3.05) is 31.6 Å². The summed E-state index contributed by atoms with van der Waals surface area (Å²) in [6.07, 6.45) is 2.25. The molecular weight excluding hydrogens is 356 g/mol. The van der Waals surface area contributed by atoms with Crippen LogP contribution in [0.4, 0.5) is 5.69 Å². The molecule has 5 nitrogen and oxygen atoms in total. The van der Waals surface area contributed by atoms with Crippen molar-refractivity contribution >= 4 is 28.9 Å². The Bertz CT molecular complexity index is 772. The number of nitrogens with one attached hydrogen (secondary N) is 1. The quantitative estimate of drug-likeness (QED) is 0.451. The zero-order valence-corrected chi connectivity index (χ0v) is 17.0. The Morgan fingerprint density at radius 3 is 2.96 bits per heavy atom. The number of carbonyl (C=O) groups is 1. The van der Waals surface area contributed by atoms with Crippen molar-refractivity contribution in [2.45, 2.75) is 32.7 Å². The molecule has 2 heterocycles. The molecule has 0 aliphatic carbocycles. The van der Waals surface area contributed by atoms with Gasteiger partial charge < -0.3 is 15.1 Å². The smallest absolute Gasteiger partial charge is 0.227 e. The molecule has 0 saturated heterocycles. The summed E-state index contributed by atoms with van der Waals surface area (Å²) in [6, 6.07) is 10.3. The van der Waals surface area contributed by atoms with Gasteiger partial charge in [-0.3, -0.25) is 9.79 Å². The summed E-state index contributed by atoms with van der Waals surface area (Å²) in [4.78, 5) is 21.3. The van der Waals surface area contributed by atoms with Gasteiger partial charge in [0.25, 0.3) is 0 Å². The first kappa shape index (κ1) is 19.4. The molecular formula is C21H28N4OS. The van der Waals surface area contributed by atoms with Gasteiger partial charge in [0.05, 0.1) is 0 Å². The van der Waals surface area contributed by atoms with Crippen molar-refractivity contribution in [2.24, 2.45) is 4.99 Å². The number of rotatable bonds is 7. The van der Waals surface area contributed by atoms with Gasteiger partial charge in [-0.15, -0.1) is 0 Å². The number of benzene rings is 1. The van der Waals surface area contributed by atoms with Gasteiger partial charge in [0.1, 0.15) is 0 Å². The predicted molar refractivity (Wildman–Crippen MR) is 113 cm³/mol. The highest BCUT2D eigenvalue weighted by atomic mass is 32.1. The minimum Gasteiger partial charge on any atom is -0.357 e. The fourth-order valence-electron chi connectivity index (χ4n) is 3.35. The first-order valence-electron chi connectivity index (χ1n) is 9.58. The summed E-state index contributed by atoms with van der Waals surface area (Å²) >= 11 is 1.71. The van der Waals surface area contributed by atoms with Crippen LogP contribution in [0.15, 0.2) is 46.1 Å². The second kappa shape index (κ2) is 9.55. The Morgan fingerprint density at radius 1 is 1.33 bits per heavy atom. The number of amides is 1. The number of nitrogens with zero attached hydrogens (tertiary/aromatic N) is 3. The molecule has 0 radical (unpaired) electrons. The number of carbonyl (C=O) groups excluding carboxylic acids is 1. The predicted octanol–water partition coefficient (Wildman–Crippen LogP) is 3.51. The number of guanidine groups is 1. The lowest BCUT2D eigenvalue weighted by atomic mass is 10.2. The lowest BCUT2D eigenvalue weighted by Crippen LogP contribution is -2.38. The third kappa shape index (κ3) is 5.10. The monoisotopic (exact) mass is 384 g/mol. The van der Waals surface area contributed by atoms with Gasteiger partial charge in [-0.1, -0.05) is 18.2 Å². The molecule has 1 amide bonds. The van der Waals surface area contributed by atoms with Crippen LogP contribution in [0.2, 0.25) is 0 Å². The maximum atomic E-state index is 12.6. The molecule has 0 unspecified atom stereocenters. The second-order valence-corrected chi connectivity index (χ2v) is 7.53. The summed E-state index contributed by atoms with van der Waals surface area (Å²) < 4.78 is 0. The molecule has 0 spiro atoms. The van der Waals surface area contributed by atoms with Gasteiger partial charge in [-0.25, -0.2) is 0 Å². The SMILES string of the molecule is CCNC(=NCCCC(=O)N1CCc2ccccc21)N(C)Cc1ccsc1. The number of anilines is 1. The van der Waals surface area contributed by atoms with Crippen LogP contribution in [0.5, 0.6) is 0 Å². The van der Waals surface area contributed by atoms with E-state index in [1.807, 2.05) is 30.1 Å².